The van der Waals surface area contributed by atoms with E-state index in [4.69, 9.17) is 0 Å². The second kappa shape index (κ2) is 8.26. The Bertz CT molecular complexity index is 1280. The fourth-order valence-electron chi connectivity index (χ4n) is 4.07. The van der Waals surface area contributed by atoms with Crippen LogP contribution in [0.2, 0.25) is 0 Å². The molecule has 1 aliphatic heterocycles. The van der Waals surface area contributed by atoms with Crippen LogP contribution in [-0.2, 0) is 13.1 Å². The number of pyridine rings is 1. The lowest BCUT2D eigenvalue weighted by Gasteiger charge is -2.27. The number of amides is 2. The molecule has 2 aromatic carbocycles. The summed E-state index contributed by atoms with van der Waals surface area (Å²) in [5.74, 6) is 0.141. The number of hydrogen-bond acceptors (Lipinski definition) is 4. The van der Waals surface area contributed by atoms with Crippen LogP contribution in [0.5, 0.6) is 0 Å². The minimum atomic E-state index is -0.189. The first-order valence-electron chi connectivity index (χ1n) is 10.6. The number of carbonyl (C=O) groups excluding carboxylic acids is 2. The maximum Gasteiger partial charge on any atom is 0.290 e. The lowest BCUT2D eigenvalue weighted by atomic mass is 10.1. The Kier molecular flexibility index (Phi) is 5.15. The van der Waals surface area contributed by atoms with Crippen LogP contribution in [0.25, 0.3) is 11.0 Å². The first-order valence-corrected chi connectivity index (χ1v) is 10.6. The Balaban J connectivity index is 1.37. The molecule has 0 aliphatic carbocycles. The zero-order chi connectivity index (χ0) is 22.1. The van der Waals surface area contributed by atoms with Gasteiger partial charge in [-0.2, -0.15) is 0 Å². The van der Waals surface area contributed by atoms with Crippen molar-refractivity contribution < 1.29 is 9.59 Å². The molecule has 1 atom stereocenters. The first-order chi connectivity index (χ1) is 15.6. The molecule has 0 spiro atoms. The third kappa shape index (κ3) is 3.73. The first kappa shape index (κ1) is 19.9. The summed E-state index contributed by atoms with van der Waals surface area (Å²) in [6.45, 7) is 3.77. The quantitative estimate of drug-likeness (QED) is 0.530. The molecule has 0 bridgehead atoms. The number of fused-ring (bicyclic) bond motifs is 3. The molecule has 7 nitrogen and oxygen atoms in total. The van der Waals surface area contributed by atoms with Gasteiger partial charge in [0.05, 0.1) is 17.1 Å². The molecule has 0 fully saturated rings. The van der Waals surface area contributed by atoms with E-state index >= 15 is 0 Å². The van der Waals surface area contributed by atoms with E-state index in [1.807, 2.05) is 64.9 Å². The fraction of sp³-hybridized carbons (Fsp3) is 0.200. The summed E-state index contributed by atoms with van der Waals surface area (Å²) in [6, 6.07) is 18.9. The molecule has 0 unspecified atom stereocenters. The Morgan fingerprint density at radius 1 is 1.09 bits per heavy atom. The highest BCUT2D eigenvalue weighted by Gasteiger charge is 2.28. The van der Waals surface area contributed by atoms with E-state index in [1.54, 1.807) is 24.5 Å². The number of aromatic nitrogens is 3. The molecule has 0 saturated carbocycles. The number of rotatable bonds is 5. The van der Waals surface area contributed by atoms with Crippen molar-refractivity contribution in [2.45, 2.75) is 26.1 Å². The Morgan fingerprint density at radius 3 is 2.72 bits per heavy atom. The number of hydrogen-bond donors (Lipinski definition) is 1. The third-order valence-electron chi connectivity index (χ3n) is 5.83. The standard InChI is InChI=1S/C25H23N5O2/c1-17(20-8-5-11-26-15-20)27-24(31)19-9-10-22-21(14-19)28-23-25(32)29(12-13-30(22)23)16-18-6-3-2-4-7-18/h2-11,14-15,17H,12-13,16H2,1H3,(H,27,31)/t17-/m1/s1. The van der Waals surface area contributed by atoms with Gasteiger partial charge in [0.1, 0.15) is 0 Å². The minimum Gasteiger partial charge on any atom is -0.345 e. The normalized spacial score (nSPS) is 14.3. The second-order valence-corrected chi connectivity index (χ2v) is 7.98. The lowest BCUT2D eigenvalue weighted by molar-refractivity contribution is 0.0685. The van der Waals surface area contributed by atoms with Crippen molar-refractivity contribution in [1.82, 2.24) is 24.8 Å². The summed E-state index contributed by atoms with van der Waals surface area (Å²) in [7, 11) is 0. The molecule has 3 heterocycles. The number of carbonyl (C=O) groups is 2. The molecule has 0 saturated heterocycles. The summed E-state index contributed by atoms with van der Waals surface area (Å²) < 4.78 is 1.94. The van der Waals surface area contributed by atoms with E-state index in [1.165, 1.54) is 0 Å². The van der Waals surface area contributed by atoms with Crippen LogP contribution in [-0.4, -0.2) is 37.8 Å². The topological polar surface area (TPSA) is 80.1 Å². The fourth-order valence-corrected chi connectivity index (χ4v) is 4.07. The molecule has 7 heteroatoms. The van der Waals surface area contributed by atoms with E-state index < -0.39 is 0 Å². The smallest absolute Gasteiger partial charge is 0.290 e. The monoisotopic (exact) mass is 425 g/mol. The van der Waals surface area contributed by atoms with Crippen molar-refractivity contribution in [3.8, 4) is 0 Å². The third-order valence-corrected chi connectivity index (χ3v) is 5.83. The van der Waals surface area contributed by atoms with Crippen molar-refractivity contribution in [2.75, 3.05) is 6.54 Å². The number of nitrogens with zero attached hydrogens (tertiary/aromatic N) is 4. The predicted molar refractivity (Wildman–Crippen MR) is 121 cm³/mol. The molecule has 1 aliphatic rings. The molecular weight excluding hydrogens is 402 g/mol. The molecule has 2 aromatic heterocycles. The zero-order valence-electron chi connectivity index (χ0n) is 17.7. The van der Waals surface area contributed by atoms with E-state index in [9.17, 15) is 9.59 Å². The number of benzene rings is 2. The summed E-state index contributed by atoms with van der Waals surface area (Å²) in [4.78, 5) is 36.4. The van der Waals surface area contributed by atoms with Crippen LogP contribution in [0.3, 0.4) is 0 Å². The predicted octanol–water partition coefficient (Wildman–Crippen LogP) is 3.58. The zero-order valence-corrected chi connectivity index (χ0v) is 17.7. The molecular formula is C25H23N5O2. The molecule has 160 valence electrons. The van der Waals surface area contributed by atoms with Gasteiger partial charge in [-0.1, -0.05) is 36.4 Å². The summed E-state index contributed by atoms with van der Waals surface area (Å²) in [5.41, 5.74) is 4.05. The highest BCUT2D eigenvalue weighted by atomic mass is 16.2. The second-order valence-electron chi connectivity index (χ2n) is 7.98. The van der Waals surface area contributed by atoms with Gasteiger partial charge in [0.25, 0.3) is 11.8 Å². The Labute approximate surface area is 185 Å². The average molecular weight is 425 g/mol. The highest BCUT2D eigenvalue weighted by Crippen LogP contribution is 2.23. The van der Waals surface area contributed by atoms with Crippen LogP contribution in [0, 0.1) is 0 Å². The van der Waals surface area contributed by atoms with Gasteiger partial charge in [-0.15, -0.1) is 0 Å². The van der Waals surface area contributed by atoms with Crippen molar-refractivity contribution >= 4 is 22.8 Å². The van der Waals surface area contributed by atoms with E-state index in [0.29, 0.717) is 36.5 Å². The van der Waals surface area contributed by atoms with E-state index in [-0.39, 0.29) is 17.9 Å². The van der Waals surface area contributed by atoms with Gasteiger partial charge in [0, 0.05) is 37.6 Å². The largest absolute Gasteiger partial charge is 0.345 e. The summed E-state index contributed by atoms with van der Waals surface area (Å²) in [6.07, 6.45) is 3.44. The lowest BCUT2D eigenvalue weighted by Crippen LogP contribution is -2.39. The molecule has 0 radical (unpaired) electrons. The minimum absolute atomic E-state index is 0.0903. The summed E-state index contributed by atoms with van der Waals surface area (Å²) >= 11 is 0. The van der Waals surface area contributed by atoms with Crippen molar-refractivity contribution in [3.05, 3.63) is 95.6 Å². The number of nitrogens with one attached hydrogen (secondary N) is 1. The van der Waals surface area contributed by atoms with Gasteiger partial charge in [0.15, 0.2) is 5.82 Å². The van der Waals surface area contributed by atoms with Crippen LogP contribution in [0.15, 0.2) is 73.1 Å². The van der Waals surface area contributed by atoms with Gasteiger partial charge in [-0.05, 0) is 42.3 Å². The maximum atomic E-state index is 13.1. The van der Waals surface area contributed by atoms with E-state index in [0.717, 1.165) is 16.6 Å². The van der Waals surface area contributed by atoms with Crippen LogP contribution < -0.4 is 5.32 Å². The van der Waals surface area contributed by atoms with Crippen LogP contribution >= 0.6 is 0 Å². The van der Waals surface area contributed by atoms with Gasteiger partial charge < -0.3 is 14.8 Å². The van der Waals surface area contributed by atoms with Crippen LogP contribution in [0.1, 0.15) is 45.1 Å². The Morgan fingerprint density at radius 2 is 1.94 bits per heavy atom. The molecule has 2 amide bonds. The molecule has 5 rings (SSSR count). The molecule has 4 aromatic rings. The molecule has 1 N–H and O–H groups in total. The average Bonchev–Trinajstić information content (AvgIpc) is 3.21. The van der Waals surface area contributed by atoms with Gasteiger partial charge in [-0.3, -0.25) is 14.6 Å². The van der Waals surface area contributed by atoms with E-state index in [2.05, 4.69) is 15.3 Å². The SMILES string of the molecule is C[C@@H](NC(=O)c1ccc2c(c1)nc1n2CCN(Cc2ccccc2)C1=O)c1cccnc1. The number of imidazole rings is 1. The van der Waals surface area contributed by atoms with Gasteiger partial charge >= 0.3 is 0 Å². The molecule has 32 heavy (non-hydrogen) atoms. The summed E-state index contributed by atoms with van der Waals surface area (Å²) in [5, 5.41) is 2.99. The highest BCUT2D eigenvalue weighted by molar-refractivity contribution is 6.00. The van der Waals surface area contributed by atoms with Crippen molar-refractivity contribution in [1.29, 1.82) is 0 Å². The van der Waals surface area contributed by atoms with Crippen molar-refractivity contribution in [2.24, 2.45) is 0 Å². The van der Waals surface area contributed by atoms with Crippen molar-refractivity contribution in [3.63, 3.8) is 0 Å². The van der Waals surface area contributed by atoms with Gasteiger partial charge in [-0.25, -0.2) is 4.98 Å². The Hall–Kier alpha value is -4.00. The maximum absolute atomic E-state index is 13.1. The van der Waals surface area contributed by atoms with Crippen LogP contribution in [0.4, 0.5) is 0 Å². The van der Waals surface area contributed by atoms with Gasteiger partial charge in [0.2, 0.25) is 0 Å².